The SMILES string of the molecule is CCC(C)(C)CC(C)CC(C)O. The average Bonchev–Trinajstić information content (AvgIpc) is 1.84. The monoisotopic (exact) mass is 172 g/mol. The maximum absolute atomic E-state index is 9.19. The van der Waals surface area contributed by atoms with Gasteiger partial charge in [0.25, 0.3) is 0 Å². The molecule has 0 aromatic carbocycles. The van der Waals surface area contributed by atoms with Crippen molar-refractivity contribution in [2.75, 3.05) is 0 Å². The lowest BCUT2D eigenvalue weighted by Gasteiger charge is -2.27. The molecule has 0 saturated heterocycles. The molecule has 2 unspecified atom stereocenters. The zero-order chi connectivity index (χ0) is 9.78. The van der Waals surface area contributed by atoms with Gasteiger partial charge < -0.3 is 5.11 Å². The summed E-state index contributed by atoms with van der Waals surface area (Å²) in [5, 5.41) is 9.19. The first-order valence-corrected chi connectivity index (χ1v) is 5.05. The van der Waals surface area contributed by atoms with E-state index >= 15 is 0 Å². The lowest BCUT2D eigenvalue weighted by atomic mass is 9.80. The molecule has 0 aromatic heterocycles. The normalized spacial score (nSPS) is 17.5. The van der Waals surface area contributed by atoms with E-state index in [1.807, 2.05) is 6.92 Å². The highest BCUT2D eigenvalue weighted by atomic mass is 16.3. The van der Waals surface area contributed by atoms with E-state index in [1.165, 1.54) is 12.8 Å². The molecule has 2 atom stereocenters. The Morgan fingerprint density at radius 1 is 1.25 bits per heavy atom. The van der Waals surface area contributed by atoms with Gasteiger partial charge in [-0.2, -0.15) is 0 Å². The maximum Gasteiger partial charge on any atom is 0.0514 e. The fourth-order valence-corrected chi connectivity index (χ4v) is 1.75. The van der Waals surface area contributed by atoms with Crippen LogP contribution < -0.4 is 0 Å². The lowest BCUT2D eigenvalue weighted by molar-refractivity contribution is 0.144. The molecular formula is C11H24O. The fraction of sp³-hybridized carbons (Fsp3) is 1.00. The molecule has 0 amide bonds. The maximum atomic E-state index is 9.19. The summed E-state index contributed by atoms with van der Waals surface area (Å²) in [6.45, 7) is 10.9. The predicted octanol–water partition coefficient (Wildman–Crippen LogP) is 3.22. The Bertz CT molecular complexity index is 116. The Labute approximate surface area is 77.2 Å². The summed E-state index contributed by atoms with van der Waals surface area (Å²) in [6, 6.07) is 0. The minimum absolute atomic E-state index is 0.146. The summed E-state index contributed by atoms with van der Waals surface area (Å²) >= 11 is 0. The number of rotatable bonds is 5. The van der Waals surface area contributed by atoms with Crippen LogP contribution in [0.25, 0.3) is 0 Å². The van der Waals surface area contributed by atoms with Crippen LogP contribution in [-0.4, -0.2) is 11.2 Å². The van der Waals surface area contributed by atoms with E-state index in [0.717, 1.165) is 6.42 Å². The van der Waals surface area contributed by atoms with Crippen molar-refractivity contribution in [2.24, 2.45) is 11.3 Å². The average molecular weight is 172 g/mol. The van der Waals surface area contributed by atoms with Crippen LogP contribution >= 0.6 is 0 Å². The van der Waals surface area contributed by atoms with E-state index in [4.69, 9.17) is 0 Å². The Hall–Kier alpha value is -0.0400. The third-order valence-electron chi connectivity index (χ3n) is 2.60. The standard InChI is InChI=1S/C11H24O/c1-6-11(4,5)8-9(2)7-10(3)12/h9-10,12H,6-8H2,1-5H3. The van der Waals surface area contributed by atoms with Crippen molar-refractivity contribution < 1.29 is 5.11 Å². The molecule has 0 rings (SSSR count). The van der Waals surface area contributed by atoms with Gasteiger partial charge in [0.2, 0.25) is 0 Å². The minimum Gasteiger partial charge on any atom is -0.393 e. The van der Waals surface area contributed by atoms with Gasteiger partial charge in [-0.15, -0.1) is 0 Å². The Morgan fingerprint density at radius 3 is 2.08 bits per heavy atom. The Morgan fingerprint density at radius 2 is 1.75 bits per heavy atom. The molecule has 0 aliphatic rings. The van der Waals surface area contributed by atoms with E-state index in [0.29, 0.717) is 11.3 Å². The van der Waals surface area contributed by atoms with Gasteiger partial charge in [0.05, 0.1) is 6.10 Å². The van der Waals surface area contributed by atoms with E-state index in [1.54, 1.807) is 0 Å². The number of aliphatic hydroxyl groups is 1. The van der Waals surface area contributed by atoms with Crippen LogP contribution in [-0.2, 0) is 0 Å². The van der Waals surface area contributed by atoms with Gasteiger partial charge in [-0.05, 0) is 31.1 Å². The molecule has 74 valence electrons. The summed E-state index contributed by atoms with van der Waals surface area (Å²) in [5.41, 5.74) is 0.439. The van der Waals surface area contributed by atoms with Crippen LogP contribution in [0, 0.1) is 11.3 Å². The van der Waals surface area contributed by atoms with Crippen molar-refractivity contribution >= 4 is 0 Å². The molecule has 0 radical (unpaired) electrons. The van der Waals surface area contributed by atoms with Gasteiger partial charge >= 0.3 is 0 Å². The molecule has 0 aliphatic carbocycles. The van der Waals surface area contributed by atoms with Crippen molar-refractivity contribution in [1.29, 1.82) is 0 Å². The zero-order valence-corrected chi connectivity index (χ0v) is 9.22. The predicted molar refractivity (Wildman–Crippen MR) is 54.2 cm³/mol. The first kappa shape index (κ1) is 12.0. The van der Waals surface area contributed by atoms with Crippen LogP contribution in [0.15, 0.2) is 0 Å². The van der Waals surface area contributed by atoms with E-state index in [2.05, 4.69) is 27.7 Å². The van der Waals surface area contributed by atoms with Crippen molar-refractivity contribution in [3.05, 3.63) is 0 Å². The van der Waals surface area contributed by atoms with Gasteiger partial charge in [0.15, 0.2) is 0 Å². The third-order valence-corrected chi connectivity index (χ3v) is 2.60. The number of aliphatic hydroxyl groups excluding tert-OH is 1. The Kier molecular flexibility index (Phi) is 4.84. The summed E-state index contributed by atoms with van der Waals surface area (Å²) in [7, 11) is 0. The second-order valence-corrected chi connectivity index (χ2v) is 4.91. The molecule has 1 N–H and O–H groups in total. The smallest absolute Gasteiger partial charge is 0.0514 e. The lowest BCUT2D eigenvalue weighted by Crippen LogP contribution is -2.17. The number of hydrogen-bond acceptors (Lipinski definition) is 1. The number of hydrogen-bond donors (Lipinski definition) is 1. The second kappa shape index (κ2) is 4.86. The highest BCUT2D eigenvalue weighted by Gasteiger charge is 2.19. The molecule has 0 aliphatic heterocycles. The van der Waals surface area contributed by atoms with Crippen LogP contribution in [0.1, 0.15) is 53.9 Å². The molecule has 0 fully saturated rings. The molecular weight excluding hydrogens is 148 g/mol. The van der Waals surface area contributed by atoms with Crippen molar-refractivity contribution in [1.82, 2.24) is 0 Å². The largest absolute Gasteiger partial charge is 0.393 e. The van der Waals surface area contributed by atoms with Gasteiger partial charge in [-0.25, -0.2) is 0 Å². The second-order valence-electron chi connectivity index (χ2n) is 4.91. The molecule has 0 bridgehead atoms. The third kappa shape index (κ3) is 5.59. The van der Waals surface area contributed by atoms with Gasteiger partial charge in [-0.1, -0.05) is 34.1 Å². The van der Waals surface area contributed by atoms with E-state index in [-0.39, 0.29) is 6.10 Å². The van der Waals surface area contributed by atoms with Crippen LogP contribution in [0.2, 0.25) is 0 Å². The quantitative estimate of drug-likeness (QED) is 0.675. The molecule has 0 spiro atoms. The molecule has 12 heavy (non-hydrogen) atoms. The minimum atomic E-state index is -0.146. The fourth-order valence-electron chi connectivity index (χ4n) is 1.75. The highest BCUT2D eigenvalue weighted by molar-refractivity contribution is 4.70. The van der Waals surface area contributed by atoms with Crippen LogP contribution in [0.5, 0.6) is 0 Å². The molecule has 1 nitrogen and oxygen atoms in total. The zero-order valence-electron chi connectivity index (χ0n) is 9.22. The summed E-state index contributed by atoms with van der Waals surface area (Å²) < 4.78 is 0. The first-order chi connectivity index (χ1) is 5.37. The van der Waals surface area contributed by atoms with Crippen molar-refractivity contribution in [2.45, 2.75) is 60.0 Å². The van der Waals surface area contributed by atoms with E-state index < -0.39 is 0 Å². The summed E-state index contributed by atoms with van der Waals surface area (Å²) in [4.78, 5) is 0. The first-order valence-electron chi connectivity index (χ1n) is 5.05. The summed E-state index contributed by atoms with van der Waals surface area (Å²) in [6.07, 6.45) is 3.22. The van der Waals surface area contributed by atoms with E-state index in [9.17, 15) is 5.11 Å². The molecule has 0 aromatic rings. The molecule has 0 saturated carbocycles. The van der Waals surface area contributed by atoms with Gasteiger partial charge in [0.1, 0.15) is 0 Å². The van der Waals surface area contributed by atoms with Crippen molar-refractivity contribution in [3.63, 3.8) is 0 Å². The summed E-state index contributed by atoms with van der Waals surface area (Å²) in [5.74, 6) is 0.639. The van der Waals surface area contributed by atoms with Gasteiger partial charge in [-0.3, -0.25) is 0 Å². The van der Waals surface area contributed by atoms with Crippen LogP contribution in [0.4, 0.5) is 0 Å². The van der Waals surface area contributed by atoms with Crippen molar-refractivity contribution in [3.8, 4) is 0 Å². The highest BCUT2D eigenvalue weighted by Crippen LogP contribution is 2.30. The topological polar surface area (TPSA) is 20.2 Å². The Balaban J connectivity index is 3.75. The van der Waals surface area contributed by atoms with Crippen LogP contribution in [0.3, 0.4) is 0 Å². The molecule has 0 heterocycles. The molecule has 1 heteroatoms. The van der Waals surface area contributed by atoms with Gasteiger partial charge in [0, 0.05) is 0 Å².